The Bertz CT molecular complexity index is 573. The van der Waals surface area contributed by atoms with E-state index in [-0.39, 0.29) is 23.8 Å². The van der Waals surface area contributed by atoms with Gasteiger partial charge in [-0.2, -0.15) is 0 Å². The maximum atomic E-state index is 12.6. The summed E-state index contributed by atoms with van der Waals surface area (Å²) in [6, 6.07) is -0.288. The Morgan fingerprint density at radius 1 is 1.35 bits per heavy atom. The van der Waals surface area contributed by atoms with Crippen LogP contribution in [0.1, 0.15) is 29.9 Å². The maximum Gasteiger partial charge on any atom is 0.324 e. The van der Waals surface area contributed by atoms with Gasteiger partial charge in [0, 0.05) is 25.3 Å². The molecule has 0 radical (unpaired) electrons. The van der Waals surface area contributed by atoms with Gasteiger partial charge in [-0.05, 0) is 39.0 Å². The lowest BCUT2D eigenvalue weighted by Gasteiger charge is -2.33. The van der Waals surface area contributed by atoms with Crippen LogP contribution in [0.25, 0.3) is 0 Å². The van der Waals surface area contributed by atoms with E-state index in [9.17, 15) is 9.59 Å². The third-order valence-electron chi connectivity index (χ3n) is 4.83. The summed E-state index contributed by atoms with van der Waals surface area (Å²) in [5.41, 5.74) is 1.94. The predicted octanol–water partition coefficient (Wildman–Crippen LogP) is 1.43. The van der Waals surface area contributed by atoms with Crippen molar-refractivity contribution < 1.29 is 18.8 Å². The molecule has 7 nitrogen and oxygen atoms in total. The Balaban J connectivity index is 1.59. The fraction of sp³-hybridized carbons (Fsp3) is 0.688. The number of urea groups is 1. The highest BCUT2D eigenvalue weighted by molar-refractivity contribution is 5.98. The number of nitrogens with one attached hydrogen (secondary N) is 1. The monoisotopic (exact) mass is 321 g/mol. The van der Waals surface area contributed by atoms with Crippen LogP contribution in [-0.4, -0.2) is 48.3 Å². The number of rotatable bonds is 5. The van der Waals surface area contributed by atoms with E-state index in [4.69, 9.17) is 9.26 Å². The highest BCUT2D eigenvalue weighted by Gasteiger charge is 2.39. The van der Waals surface area contributed by atoms with Gasteiger partial charge >= 0.3 is 6.03 Å². The highest BCUT2D eigenvalue weighted by atomic mass is 16.5. The van der Waals surface area contributed by atoms with Crippen LogP contribution >= 0.6 is 0 Å². The molecule has 2 aliphatic rings. The lowest BCUT2D eigenvalue weighted by atomic mass is 9.89. The number of aromatic nitrogens is 1. The quantitative estimate of drug-likeness (QED) is 0.887. The molecule has 3 amide bonds. The first-order valence-corrected chi connectivity index (χ1v) is 8.16. The molecule has 2 unspecified atom stereocenters. The van der Waals surface area contributed by atoms with E-state index in [0.717, 1.165) is 29.9 Å². The van der Waals surface area contributed by atoms with E-state index < -0.39 is 0 Å². The van der Waals surface area contributed by atoms with Crippen LogP contribution < -0.4 is 5.32 Å². The normalized spacial score (nSPS) is 25.0. The topological polar surface area (TPSA) is 84.7 Å². The van der Waals surface area contributed by atoms with Crippen LogP contribution in [0.5, 0.6) is 0 Å². The van der Waals surface area contributed by atoms with E-state index >= 15 is 0 Å². The maximum absolute atomic E-state index is 12.6. The summed E-state index contributed by atoms with van der Waals surface area (Å²) in [5.74, 6) is 0.795. The molecular formula is C16H23N3O4. The van der Waals surface area contributed by atoms with E-state index in [0.29, 0.717) is 32.7 Å². The lowest BCUT2D eigenvalue weighted by molar-refractivity contribution is -0.135. The molecule has 23 heavy (non-hydrogen) atoms. The zero-order valence-corrected chi connectivity index (χ0v) is 13.6. The van der Waals surface area contributed by atoms with Gasteiger partial charge in [-0.3, -0.25) is 9.69 Å². The molecule has 1 aromatic heterocycles. The third-order valence-corrected chi connectivity index (χ3v) is 4.83. The second-order valence-corrected chi connectivity index (χ2v) is 6.31. The van der Waals surface area contributed by atoms with Crippen molar-refractivity contribution >= 4 is 11.9 Å². The average Bonchev–Trinajstić information content (AvgIpc) is 3.15. The largest absolute Gasteiger partial charge is 0.381 e. The SMILES string of the molecule is Cc1noc(C)c1CCCN1C(=O)NCC(C2CCOC2)C1=O. The van der Waals surface area contributed by atoms with Crippen molar-refractivity contribution in [2.45, 2.75) is 33.1 Å². The smallest absolute Gasteiger partial charge is 0.324 e. The molecule has 1 aromatic rings. The van der Waals surface area contributed by atoms with Crippen molar-refractivity contribution in [2.24, 2.45) is 11.8 Å². The summed E-state index contributed by atoms with van der Waals surface area (Å²) < 4.78 is 10.5. The number of hydrogen-bond acceptors (Lipinski definition) is 5. The van der Waals surface area contributed by atoms with Crippen molar-refractivity contribution in [2.75, 3.05) is 26.3 Å². The van der Waals surface area contributed by atoms with Gasteiger partial charge in [0.05, 0.1) is 18.2 Å². The molecule has 0 aliphatic carbocycles. The molecule has 2 fully saturated rings. The Morgan fingerprint density at radius 2 is 2.17 bits per heavy atom. The molecule has 0 aromatic carbocycles. The number of hydrogen-bond donors (Lipinski definition) is 1. The summed E-state index contributed by atoms with van der Waals surface area (Å²) in [6.07, 6.45) is 2.34. The van der Waals surface area contributed by atoms with E-state index in [1.165, 1.54) is 4.90 Å². The van der Waals surface area contributed by atoms with Gasteiger partial charge in [-0.15, -0.1) is 0 Å². The molecule has 0 bridgehead atoms. The Kier molecular flexibility index (Phi) is 4.66. The minimum atomic E-state index is -0.288. The standard InChI is InChI=1S/C16H23N3O4/c1-10-13(11(2)23-18-10)4-3-6-19-15(20)14(8-17-16(19)21)12-5-7-22-9-12/h12,14H,3-9H2,1-2H3,(H,17,21). The number of imide groups is 1. The Morgan fingerprint density at radius 3 is 2.83 bits per heavy atom. The predicted molar refractivity (Wildman–Crippen MR) is 81.8 cm³/mol. The number of amides is 3. The zero-order chi connectivity index (χ0) is 16.4. The van der Waals surface area contributed by atoms with E-state index in [1.807, 2.05) is 13.8 Å². The molecule has 0 spiro atoms. The van der Waals surface area contributed by atoms with Crippen molar-refractivity contribution in [1.82, 2.24) is 15.4 Å². The average molecular weight is 321 g/mol. The fourth-order valence-corrected chi connectivity index (χ4v) is 3.40. The van der Waals surface area contributed by atoms with Crippen LogP contribution in [0.2, 0.25) is 0 Å². The first kappa shape index (κ1) is 16.0. The van der Waals surface area contributed by atoms with Gasteiger partial charge in [0.15, 0.2) is 0 Å². The Labute approximate surface area is 135 Å². The summed E-state index contributed by atoms with van der Waals surface area (Å²) in [4.78, 5) is 26.0. The van der Waals surface area contributed by atoms with Crippen LogP contribution in [0.4, 0.5) is 4.79 Å². The number of carbonyl (C=O) groups excluding carboxylic acids is 2. The number of aryl methyl sites for hydroxylation is 2. The van der Waals surface area contributed by atoms with Crippen LogP contribution in [-0.2, 0) is 16.0 Å². The van der Waals surface area contributed by atoms with Crippen molar-refractivity contribution in [1.29, 1.82) is 0 Å². The van der Waals surface area contributed by atoms with Gasteiger partial charge < -0.3 is 14.6 Å². The summed E-state index contributed by atoms with van der Waals surface area (Å²) >= 11 is 0. The van der Waals surface area contributed by atoms with Gasteiger partial charge in [0.25, 0.3) is 0 Å². The summed E-state index contributed by atoms with van der Waals surface area (Å²) in [6.45, 7) is 5.93. The van der Waals surface area contributed by atoms with Crippen LogP contribution in [0.15, 0.2) is 4.52 Å². The molecule has 126 valence electrons. The molecule has 2 atom stereocenters. The van der Waals surface area contributed by atoms with Crippen LogP contribution in [0, 0.1) is 25.7 Å². The molecule has 7 heteroatoms. The molecule has 1 N–H and O–H groups in total. The Hall–Kier alpha value is -1.89. The molecule has 3 heterocycles. The molecular weight excluding hydrogens is 298 g/mol. The third kappa shape index (κ3) is 3.24. The second kappa shape index (κ2) is 6.70. The first-order valence-electron chi connectivity index (χ1n) is 8.16. The highest BCUT2D eigenvalue weighted by Crippen LogP contribution is 2.26. The number of nitrogens with zero attached hydrogens (tertiary/aromatic N) is 2. The molecule has 2 saturated heterocycles. The van der Waals surface area contributed by atoms with Gasteiger partial charge in [-0.25, -0.2) is 4.79 Å². The number of ether oxygens (including phenoxy) is 1. The lowest BCUT2D eigenvalue weighted by Crippen LogP contribution is -2.56. The summed E-state index contributed by atoms with van der Waals surface area (Å²) in [5, 5.41) is 6.76. The van der Waals surface area contributed by atoms with Crippen molar-refractivity contribution in [3.63, 3.8) is 0 Å². The first-order chi connectivity index (χ1) is 11.1. The molecule has 3 rings (SSSR count). The second-order valence-electron chi connectivity index (χ2n) is 6.31. The minimum absolute atomic E-state index is 0.0667. The van der Waals surface area contributed by atoms with Crippen LogP contribution in [0.3, 0.4) is 0 Å². The number of carbonyl (C=O) groups is 2. The van der Waals surface area contributed by atoms with Gasteiger partial charge in [0.1, 0.15) is 5.76 Å². The zero-order valence-electron chi connectivity index (χ0n) is 13.6. The van der Waals surface area contributed by atoms with Gasteiger partial charge in [0.2, 0.25) is 5.91 Å². The molecule has 2 aliphatic heterocycles. The van der Waals surface area contributed by atoms with E-state index in [2.05, 4.69) is 10.5 Å². The molecule has 0 saturated carbocycles. The van der Waals surface area contributed by atoms with Gasteiger partial charge in [-0.1, -0.05) is 5.16 Å². The van der Waals surface area contributed by atoms with Crippen molar-refractivity contribution in [3.05, 3.63) is 17.0 Å². The minimum Gasteiger partial charge on any atom is -0.381 e. The summed E-state index contributed by atoms with van der Waals surface area (Å²) in [7, 11) is 0. The van der Waals surface area contributed by atoms with E-state index in [1.54, 1.807) is 0 Å². The van der Waals surface area contributed by atoms with Crippen molar-refractivity contribution in [3.8, 4) is 0 Å². The fourth-order valence-electron chi connectivity index (χ4n) is 3.40.